The Bertz CT molecular complexity index is 1000. The van der Waals surface area contributed by atoms with Gasteiger partial charge in [-0.2, -0.15) is 0 Å². The van der Waals surface area contributed by atoms with Crippen LogP contribution in [0.15, 0.2) is 60.7 Å². The van der Waals surface area contributed by atoms with Crippen LogP contribution in [0, 0.1) is 0 Å². The Morgan fingerprint density at radius 3 is 2.40 bits per heavy atom. The summed E-state index contributed by atoms with van der Waals surface area (Å²) in [4.78, 5) is 32.4. The van der Waals surface area contributed by atoms with Crippen LogP contribution in [0.1, 0.15) is 21.7 Å². The average Bonchev–Trinajstić information content (AvgIpc) is 3.15. The number of hydrogen-bond acceptors (Lipinski definition) is 5. The van der Waals surface area contributed by atoms with Crippen molar-refractivity contribution < 1.29 is 9.59 Å². The second-order valence-electron chi connectivity index (χ2n) is 7.32. The Morgan fingerprint density at radius 1 is 0.967 bits per heavy atom. The lowest BCUT2D eigenvalue weighted by atomic mass is 10.1. The Kier molecular flexibility index (Phi) is 6.51. The molecule has 0 atom stereocenters. The number of nitrogens with zero attached hydrogens (tertiary/aromatic N) is 2. The molecule has 2 N–H and O–H groups in total. The van der Waals surface area contributed by atoms with Crippen LogP contribution in [0.3, 0.4) is 0 Å². The SMILES string of the molecule is O=C(Cc1ccccc1)NCC(=O)Nc1nc2c(s1)CN(Cc1ccccc1)CC2. The summed E-state index contributed by atoms with van der Waals surface area (Å²) >= 11 is 1.52. The van der Waals surface area contributed by atoms with Crippen LogP contribution in [0.2, 0.25) is 0 Å². The molecule has 0 aliphatic carbocycles. The Morgan fingerprint density at radius 2 is 1.67 bits per heavy atom. The minimum atomic E-state index is -0.261. The molecule has 2 aromatic carbocycles. The van der Waals surface area contributed by atoms with Crippen molar-refractivity contribution in [1.82, 2.24) is 15.2 Å². The van der Waals surface area contributed by atoms with E-state index in [1.54, 1.807) is 0 Å². The zero-order valence-corrected chi connectivity index (χ0v) is 17.5. The molecule has 1 aliphatic heterocycles. The second-order valence-corrected chi connectivity index (χ2v) is 8.41. The molecule has 0 unspecified atom stereocenters. The van der Waals surface area contributed by atoms with Crippen LogP contribution < -0.4 is 10.6 Å². The fraction of sp³-hybridized carbons (Fsp3) is 0.261. The monoisotopic (exact) mass is 420 g/mol. The fourth-order valence-electron chi connectivity index (χ4n) is 3.46. The number of thiazole rings is 1. The van der Waals surface area contributed by atoms with Gasteiger partial charge in [-0.05, 0) is 11.1 Å². The highest BCUT2D eigenvalue weighted by Gasteiger charge is 2.21. The van der Waals surface area contributed by atoms with Gasteiger partial charge in [0.05, 0.1) is 18.7 Å². The molecule has 154 valence electrons. The first-order valence-corrected chi connectivity index (χ1v) is 10.8. The van der Waals surface area contributed by atoms with Crippen molar-refractivity contribution in [1.29, 1.82) is 0 Å². The summed E-state index contributed by atoms with van der Waals surface area (Å²) in [6.07, 6.45) is 1.14. The molecule has 2 amide bonds. The van der Waals surface area contributed by atoms with Gasteiger partial charge in [0.15, 0.2) is 5.13 Å². The van der Waals surface area contributed by atoms with Crippen LogP contribution in [0.25, 0.3) is 0 Å². The van der Waals surface area contributed by atoms with E-state index in [0.29, 0.717) is 5.13 Å². The number of carbonyl (C=O) groups excluding carboxylic acids is 2. The van der Waals surface area contributed by atoms with Crippen molar-refractivity contribution in [3.8, 4) is 0 Å². The molecule has 0 spiro atoms. The third-order valence-electron chi connectivity index (χ3n) is 4.96. The smallest absolute Gasteiger partial charge is 0.245 e. The van der Waals surface area contributed by atoms with Gasteiger partial charge in [-0.15, -0.1) is 11.3 Å². The Balaban J connectivity index is 1.26. The lowest BCUT2D eigenvalue weighted by Gasteiger charge is -2.25. The van der Waals surface area contributed by atoms with Crippen LogP contribution in [-0.2, 0) is 35.5 Å². The van der Waals surface area contributed by atoms with E-state index in [1.807, 2.05) is 36.4 Å². The lowest BCUT2D eigenvalue weighted by molar-refractivity contribution is -0.123. The maximum atomic E-state index is 12.2. The molecular formula is C23H24N4O2S. The molecule has 7 heteroatoms. The highest BCUT2D eigenvalue weighted by atomic mass is 32.1. The molecule has 0 fully saturated rings. The van der Waals surface area contributed by atoms with Crippen LogP contribution in [0.5, 0.6) is 0 Å². The summed E-state index contributed by atoms with van der Waals surface area (Å²) in [5, 5.41) is 6.08. The quantitative estimate of drug-likeness (QED) is 0.616. The number of carbonyl (C=O) groups is 2. The summed E-state index contributed by atoms with van der Waals surface area (Å²) in [5.41, 5.74) is 3.28. The second kappa shape index (κ2) is 9.65. The summed E-state index contributed by atoms with van der Waals surface area (Å²) in [6.45, 7) is 2.64. The van der Waals surface area contributed by atoms with Gasteiger partial charge in [0, 0.05) is 30.9 Å². The van der Waals surface area contributed by atoms with E-state index in [9.17, 15) is 9.59 Å². The van der Waals surface area contributed by atoms with E-state index in [0.717, 1.165) is 37.3 Å². The molecular weight excluding hydrogens is 396 g/mol. The summed E-state index contributed by atoms with van der Waals surface area (Å²) in [5.74, 6) is -0.435. The first-order valence-electron chi connectivity index (χ1n) is 10.0. The summed E-state index contributed by atoms with van der Waals surface area (Å²) in [6, 6.07) is 19.9. The third kappa shape index (κ3) is 5.52. The number of rotatable bonds is 7. The minimum Gasteiger partial charge on any atom is -0.347 e. The number of anilines is 1. The molecule has 1 aliphatic rings. The molecule has 1 aromatic heterocycles. The molecule has 0 bridgehead atoms. The fourth-order valence-corrected chi connectivity index (χ4v) is 4.53. The van der Waals surface area contributed by atoms with Crippen molar-refractivity contribution in [3.05, 3.63) is 82.4 Å². The molecule has 3 aromatic rings. The zero-order chi connectivity index (χ0) is 20.8. The standard InChI is InChI=1S/C23H24N4O2S/c28-21(13-17-7-3-1-4-8-17)24-14-22(29)26-23-25-19-11-12-27(16-20(19)30-23)15-18-9-5-2-6-10-18/h1-10H,11-16H2,(H,24,28)(H,25,26,29). The zero-order valence-electron chi connectivity index (χ0n) is 16.6. The van der Waals surface area contributed by atoms with E-state index in [2.05, 4.69) is 44.8 Å². The van der Waals surface area contributed by atoms with E-state index in [1.165, 1.54) is 21.8 Å². The summed E-state index contributed by atoms with van der Waals surface area (Å²) < 4.78 is 0. The number of aromatic nitrogens is 1. The lowest BCUT2D eigenvalue weighted by Crippen LogP contribution is -2.33. The number of amides is 2. The predicted octanol–water partition coefficient (Wildman–Crippen LogP) is 3.00. The predicted molar refractivity (Wildman–Crippen MR) is 118 cm³/mol. The van der Waals surface area contributed by atoms with Crippen LogP contribution in [0.4, 0.5) is 5.13 Å². The van der Waals surface area contributed by atoms with Crippen LogP contribution in [-0.4, -0.2) is 34.8 Å². The maximum absolute atomic E-state index is 12.2. The number of benzene rings is 2. The average molecular weight is 421 g/mol. The van der Waals surface area contributed by atoms with Gasteiger partial charge in [-0.3, -0.25) is 14.5 Å². The van der Waals surface area contributed by atoms with Gasteiger partial charge in [0.25, 0.3) is 0 Å². The van der Waals surface area contributed by atoms with Gasteiger partial charge in [-0.1, -0.05) is 60.7 Å². The number of fused-ring (bicyclic) bond motifs is 1. The molecule has 6 nitrogen and oxygen atoms in total. The van der Waals surface area contributed by atoms with E-state index >= 15 is 0 Å². The first kappa shape index (κ1) is 20.3. The van der Waals surface area contributed by atoms with Crippen molar-refractivity contribution >= 4 is 28.3 Å². The highest BCUT2D eigenvalue weighted by molar-refractivity contribution is 7.15. The maximum Gasteiger partial charge on any atom is 0.245 e. The molecule has 4 rings (SSSR count). The topological polar surface area (TPSA) is 74.3 Å². The van der Waals surface area contributed by atoms with Crippen molar-refractivity contribution in [3.63, 3.8) is 0 Å². The Hall–Kier alpha value is -3.03. The molecule has 0 saturated carbocycles. The van der Waals surface area contributed by atoms with E-state index < -0.39 is 0 Å². The van der Waals surface area contributed by atoms with Gasteiger partial charge < -0.3 is 10.6 Å². The van der Waals surface area contributed by atoms with Crippen molar-refractivity contribution in [2.24, 2.45) is 0 Å². The first-order chi connectivity index (χ1) is 14.7. The van der Waals surface area contributed by atoms with Crippen LogP contribution >= 0.6 is 11.3 Å². The molecule has 0 saturated heterocycles. The number of hydrogen-bond donors (Lipinski definition) is 2. The highest BCUT2D eigenvalue weighted by Crippen LogP contribution is 2.28. The third-order valence-corrected chi connectivity index (χ3v) is 5.96. The van der Waals surface area contributed by atoms with Gasteiger partial charge in [0.2, 0.25) is 11.8 Å². The summed E-state index contributed by atoms with van der Waals surface area (Å²) in [7, 11) is 0. The Labute approximate surface area is 180 Å². The van der Waals surface area contributed by atoms with E-state index in [4.69, 9.17) is 0 Å². The molecule has 30 heavy (non-hydrogen) atoms. The van der Waals surface area contributed by atoms with Crippen molar-refractivity contribution in [2.45, 2.75) is 25.9 Å². The molecule has 2 heterocycles. The van der Waals surface area contributed by atoms with Gasteiger partial charge in [-0.25, -0.2) is 4.98 Å². The van der Waals surface area contributed by atoms with Crippen molar-refractivity contribution in [2.75, 3.05) is 18.4 Å². The van der Waals surface area contributed by atoms with E-state index in [-0.39, 0.29) is 24.8 Å². The van der Waals surface area contributed by atoms with Gasteiger partial charge in [0.1, 0.15) is 0 Å². The van der Waals surface area contributed by atoms with Gasteiger partial charge >= 0.3 is 0 Å². The molecule has 0 radical (unpaired) electrons. The normalized spacial score (nSPS) is 13.5. The minimum absolute atomic E-state index is 0.0595. The largest absolute Gasteiger partial charge is 0.347 e. The number of nitrogens with one attached hydrogen (secondary N) is 2.